The summed E-state index contributed by atoms with van der Waals surface area (Å²) in [6.07, 6.45) is 3.63. The van der Waals surface area contributed by atoms with Crippen molar-refractivity contribution in [1.29, 1.82) is 0 Å². The number of halogens is 3. The van der Waals surface area contributed by atoms with Gasteiger partial charge in [0.25, 0.3) is 0 Å². The summed E-state index contributed by atoms with van der Waals surface area (Å²) in [7, 11) is 0. The van der Waals surface area contributed by atoms with E-state index in [1.54, 1.807) is 0 Å². The SMILES string of the molecule is O=C(COC1CCC(Cl)C(F)C1)NC12CCC(NC(=O)[C@@H]3CCC4CC(F)CCC4O3)(CC1)C[C@@H]2O. The Balaban J connectivity index is 1.10. The average Bonchev–Trinajstić information content (AvgIpc) is 2.85. The van der Waals surface area contributed by atoms with Crippen molar-refractivity contribution in [3.63, 3.8) is 0 Å². The van der Waals surface area contributed by atoms with Crippen LogP contribution in [0.25, 0.3) is 0 Å². The van der Waals surface area contributed by atoms with Gasteiger partial charge in [0.05, 0.1) is 29.2 Å². The Morgan fingerprint density at radius 2 is 1.78 bits per heavy atom. The molecule has 1 heterocycles. The van der Waals surface area contributed by atoms with E-state index in [0.29, 0.717) is 70.6 Å². The van der Waals surface area contributed by atoms with E-state index in [2.05, 4.69) is 10.6 Å². The maximum Gasteiger partial charge on any atom is 0.249 e. The zero-order valence-electron chi connectivity index (χ0n) is 20.7. The highest BCUT2D eigenvalue weighted by molar-refractivity contribution is 6.21. The molecule has 2 bridgehead atoms. The van der Waals surface area contributed by atoms with E-state index in [4.69, 9.17) is 21.1 Å². The maximum atomic E-state index is 13.8. The third kappa shape index (κ3) is 5.54. The van der Waals surface area contributed by atoms with Crippen molar-refractivity contribution in [2.75, 3.05) is 6.61 Å². The summed E-state index contributed by atoms with van der Waals surface area (Å²) < 4.78 is 39.3. The molecular formula is C26H39ClF2N2O5. The molecule has 1 saturated heterocycles. The lowest BCUT2D eigenvalue weighted by molar-refractivity contribution is -0.158. The fourth-order valence-electron chi connectivity index (χ4n) is 7.20. The van der Waals surface area contributed by atoms with Crippen LogP contribution in [0.2, 0.25) is 0 Å². The Morgan fingerprint density at radius 1 is 1.00 bits per heavy atom. The van der Waals surface area contributed by atoms with Crippen LogP contribution >= 0.6 is 11.6 Å². The number of amides is 2. The molecule has 7 nitrogen and oxygen atoms in total. The third-order valence-electron chi connectivity index (χ3n) is 9.47. The number of carbonyl (C=O) groups excluding carboxylic acids is 2. The number of hydrogen-bond acceptors (Lipinski definition) is 5. The van der Waals surface area contributed by atoms with Crippen LogP contribution in [0.4, 0.5) is 8.78 Å². The molecule has 6 unspecified atom stereocenters. The number of fused-ring (bicyclic) bond motifs is 4. The van der Waals surface area contributed by atoms with Gasteiger partial charge in [-0.3, -0.25) is 9.59 Å². The van der Waals surface area contributed by atoms with Crippen molar-refractivity contribution in [2.24, 2.45) is 5.92 Å². The van der Waals surface area contributed by atoms with Gasteiger partial charge >= 0.3 is 0 Å². The fourth-order valence-corrected chi connectivity index (χ4v) is 7.43. The van der Waals surface area contributed by atoms with Gasteiger partial charge in [0.1, 0.15) is 25.1 Å². The monoisotopic (exact) mass is 532 g/mol. The first kappa shape index (κ1) is 26.6. The Hall–Kier alpha value is -1.03. The van der Waals surface area contributed by atoms with Gasteiger partial charge in [-0.1, -0.05) is 0 Å². The summed E-state index contributed by atoms with van der Waals surface area (Å²) in [5, 5.41) is 16.7. The Kier molecular flexibility index (Phi) is 7.84. The Bertz CT molecular complexity index is 826. The molecule has 6 rings (SSSR count). The van der Waals surface area contributed by atoms with Gasteiger partial charge in [-0.05, 0) is 83.0 Å². The van der Waals surface area contributed by atoms with Gasteiger partial charge in [0.2, 0.25) is 11.8 Å². The predicted octanol–water partition coefficient (Wildman–Crippen LogP) is 3.24. The minimum absolute atomic E-state index is 0.0480. The van der Waals surface area contributed by atoms with Crippen LogP contribution in [-0.4, -0.2) is 76.7 Å². The van der Waals surface area contributed by atoms with Crippen LogP contribution in [0.3, 0.4) is 0 Å². The lowest BCUT2D eigenvalue weighted by Gasteiger charge is -2.56. The van der Waals surface area contributed by atoms with Crippen LogP contribution in [0.5, 0.6) is 0 Å². The van der Waals surface area contributed by atoms with Gasteiger partial charge < -0.3 is 25.2 Å². The molecule has 6 aliphatic rings. The van der Waals surface area contributed by atoms with Crippen molar-refractivity contribution in [1.82, 2.24) is 10.6 Å². The van der Waals surface area contributed by atoms with E-state index in [1.165, 1.54) is 0 Å². The first-order valence-electron chi connectivity index (χ1n) is 13.7. The fraction of sp³-hybridized carbons (Fsp3) is 0.923. The topological polar surface area (TPSA) is 96.9 Å². The summed E-state index contributed by atoms with van der Waals surface area (Å²) >= 11 is 5.92. The number of alkyl halides is 3. The lowest BCUT2D eigenvalue weighted by Crippen LogP contribution is -2.71. The molecule has 5 aliphatic carbocycles. The zero-order valence-corrected chi connectivity index (χ0v) is 21.5. The average molecular weight is 533 g/mol. The number of ether oxygens (including phenoxy) is 2. The van der Waals surface area contributed by atoms with Gasteiger partial charge in [0.15, 0.2) is 0 Å². The predicted molar refractivity (Wildman–Crippen MR) is 129 cm³/mol. The molecule has 8 atom stereocenters. The number of nitrogens with one attached hydrogen (secondary N) is 2. The number of carbonyl (C=O) groups is 2. The minimum Gasteiger partial charge on any atom is -0.391 e. The molecule has 0 radical (unpaired) electrons. The molecular weight excluding hydrogens is 494 g/mol. The molecule has 204 valence electrons. The van der Waals surface area contributed by atoms with E-state index in [9.17, 15) is 23.5 Å². The summed E-state index contributed by atoms with van der Waals surface area (Å²) in [5.41, 5.74) is -1.24. The van der Waals surface area contributed by atoms with E-state index < -0.39 is 41.0 Å². The van der Waals surface area contributed by atoms with Crippen LogP contribution in [0, 0.1) is 5.92 Å². The normalized spacial score (nSPS) is 46.6. The second-order valence-electron chi connectivity index (χ2n) is 11.9. The highest BCUT2D eigenvalue weighted by Crippen LogP contribution is 2.47. The minimum atomic E-state index is -1.13. The first-order valence-corrected chi connectivity index (χ1v) is 14.1. The van der Waals surface area contributed by atoms with Crippen molar-refractivity contribution in [2.45, 2.75) is 137 Å². The molecule has 0 aromatic heterocycles. The number of hydrogen-bond donors (Lipinski definition) is 3. The van der Waals surface area contributed by atoms with Gasteiger partial charge in [-0.2, -0.15) is 0 Å². The molecule has 5 saturated carbocycles. The highest BCUT2D eigenvalue weighted by Gasteiger charge is 2.56. The number of rotatable bonds is 6. The molecule has 6 fully saturated rings. The summed E-state index contributed by atoms with van der Waals surface area (Å²) in [5.74, 6) is -0.263. The second kappa shape index (κ2) is 10.6. The van der Waals surface area contributed by atoms with Crippen molar-refractivity contribution >= 4 is 23.4 Å². The van der Waals surface area contributed by atoms with E-state index in [1.807, 2.05) is 0 Å². The molecule has 1 aliphatic heterocycles. The maximum absolute atomic E-state index is 13.8. The number of aliphatic hydroxyl groups is 1. The van der Waals surface area contributed by atoms with Crippen LogP contribution < -0.4 is 10.6 Å². The quantitative estimate of drug-likeness (QED) is 0.456. The molecule has 2 amide bonds. The molecule has 36 heavy (non-hydrogen) atoms. The van der Waals surface area contributed by atoms with Crippen molar-refractivity contribution in [3.8, 4) is 0 Å². The third-order valence-corrected chi connectivity index (χ3v) is 9.96. The van der Waals surface area contributed by atoms with Gasteiger partial charge in [-0.25, -0.2) is 8.78 Å². The van der Waals surface area contributed by atoms with Crippen LogP contribution in [-0.2, 0) is 19.1 Å². The van der Waals surface area contributed by atoms with Crippen LogP contribution in [0.1, 0.15) is 83.5 Å². The standard InChI is InChI=1S/C26H39ClF2N2O5/c27-18-4-3-17(12-19(18)29)35-14-23(33)30-26-9-7-25(8-10-26,13-22(26)32)31-24(34)21-5-1-15-11-16(28)2-6-20(15)36-21/h15-22,32H,1-14H2,(H,30,33)(H,31,34)/t15?,16?,17?,18?,19?,20?,21-,22-,25?,26?/m0/s1. The second-order valence-corrected chi connectivity index (χ2v) is 12.4. The Morgan fingerprint density at radius 3 is 2.50 bits per heavy atom. The highest BCUT2D eigenvalue weighted by atomic mass is 35.5. The van der Waals surface area contributed by atoms with E-state index in [0.717, 1.165) is 6.42 Å². The van der Waals surface area contributed by atoms with Gasteiger partial charge in [-0.15, -0.1) is 11.6 Å². The molecule has 0 aromatic carbocycles. The molecule has 10 heteroatoms. The molecule has 3 N–H and O–H groups in total. The smallest absolute Gasteiger partial charge is 0.249 e. The van der Waals surface area contributed by atoms with E-state index in [-0.39, 0.29) is 43.0 Å². The molecule has 0 spiro atoms. The summed E-state index contributed by atoms with van der Waals surface area (Å²) in [6.45, 7) is -0.176. The van der Waals surface area contributed by atoms with E-state index >= 15 is 0 Å². The van der Waals surface area contributed by atoms with Crippen LogP contribution in [0.15, 0.2) is 0 Å². The number of aliphatic hydroxyl groups excluding tert-OH is 1. The first-order chi connectivity index (χ1) is 17.2. The van der Waals surface area contributed by atoms with Gasteiger partial charge in [0, 0.05) is 12.0 Å². The summed E-state index contributed by atoms with van der Waals surface area (Å²) in [6, 6.07) is 0. The summed E-state index contributed by atoms with van der Waals surface area (Å²) in [4.78, 5) is 25.8. The largest absolute Gasteiger partial charge is 0.391 e. The lowest BCUT2D eigenvalue weighted by atomic mass is 9.59. The molecule has 0 aromatic rings. The zero-order chi connectivity index (χ0) is 25.5. The Labute approximate surface area is 216 Å². The van der Waals surface area contributed by atoms with Crippen molar-refractivity contribution in [3.05, 3.63) is 0 Å². The van der Waals surface area contributed by atoms with Crippen molar-refractivity contribution < 1.29 is 33.0 Å².